The van der Waals surface area contributed by atoms with Crippen molar-refractivity contribution in [2.45, 2.75) is 180 Å². The molecular formula is C51H90N14O20. The van der Waals surface area contributed by atoms with Gasteiger partial charge in [-0.2, -0.15) is 0 Å². The van der Waals surface area contributed by atoms with Crippen molar-refractivity contribution in [3.63, 3.8) is 0 Å². The molecule has 0 aromatic carbocycles. The summed E-state index contributed by atoms with van der Waals surface area (Å²) in [5, 5.41) is 85.6. The molecular weight excluding hydrogens is 1130 g/mol. The molecule has 0 aliphatic carbocycles. The SMILES string of the molecule is CCC(C)C(NC(=O)CNC(=O)CNC(=O)C(C)NC(=O)C(CO)NC(=O)C(CCCCN)NC(=O)C(NC(=O)C(N)CCC(=O)O)C(C)O)C(=O)NC(C(=O)NC(CC(C)C)C(=O)NC(C(=O)NCC(=O)NC(CO)C(=O)O)C(C)O)C(C)C. The first-order chi connectivity index (χ1) is 39.6. The second kappa shape index (κ2) is 39.8. The monoisotopic (exact) mass is 1220 g/mol. The van der Waals surface area contributed by atoms with E-state index >= 15 is 0 Å². The molecule has 85 heavy (non-hydrogen) atoms. The summed E-state index contributed by atoms with van der Waals surface area (Å²) in [5.41, 5.74) is 11.3. The number of aliphatic carboxylic acids is 2. The lowest BCUT2D eigenvalue weighted by Gasteiger charge is -2.30. The summed E-state index contributed by atoms with van der Waals surface area (Å²) in [5.74, 6) is -15.6. The molecule has 0 aromatic rings. The molecule has 0 bridgehead atoms. The maximum absolute atomic E-state index is 13.8. The Morgan fingerprint density at radius 1 is 0.447 bits per heavy atom. The summed E-state index contributed by atoms with van der Waals surface area (Å²) in [7, 11) is 0. The zero-order chi connectivity index (χ0) is 65.4. The molecule has 0 radical (unpaired) electrons. The molecule has 34 heteroatoms. The molecule has 34 nitrogen and oxygen atoms in total. The van der Waals surface area contributed by atoms with Crippen molar-refractivity contribution >= 4 is 82.8 Å². The summed E-state index contributed by atoms with van der Waals surface area (Å²) < 4.78 is 0. The molecule has 0 rings (SSSR count). The van der Waals surface area contributed by atoms with Gasteiger partial charge in [0, 0.05) is 6.42 Å². The van der Waals surface area contributed by atoms with E-state index in [1.165, 1.54) is 6.92 Å². The van der Waals surface area contributed by atoms with Gasteiger partial charge in [-0.1, -0.05) is 48.0 Å². The van der Waals surface area contributed by atoms with Gasteiger partial charge < -0.3 is 106 Å². The Balaban J connectivity index is 5.77. The van der Waals surface area contributed by atoms with Gasteiger partial charge in [-0.15, -0.1) is 0 Å². The van der Waals surface area contributed by atoms with Crippen LogP contribution in [-0.4, -0.2) is 225 Å². The average Bonchev–Trinajstić information content (AvgIpc) is 3.46. The number of aliphatic hydroxyl groups is 4. The Morgan fingerprint density at radius 3 is 1.42 bits per heavy atom. The van der Waals surface area contributed by atoms with Gasteiger partial charge in [-0.05, 0) is 77.2 Å². The molecule has 0 aliphatic heterocycles. The molecule has 13 unspecified atom stereocenters. The third kappa shape index (κ3) is 29.6. The molecule has 22 N–H and O–H groups in total. The van der Waals surface area contributed by atoms with Crippen LogP contribution in [0.1, 0.15) is 107 Å². The Bertz CT molecular complexity index is 2290. The van der Waals surface area contributed by atoms with Crippen LogP contribution in [0.2, 0.25) is 0 Å². The minimum atomic E-state index is -1.71. The molecule has 0 fully saturated rings. The second-order valence-electron chi connectivity index (χ2n) is 21.0. The van der Waals surface area contributed by atoms with Gasteiger partial charge in [0.25, 0.3) is 0 Å². The number of unbranched alkanes of at least 4 members (excludes halogenated alkanes) is 1. The van der Waals surface area contributed by atoms with E-state index in [0.717, 1.165) is 13.8 Å². The summed E-state index contributed by atoms with van der Waals surface area (Å²) >= 11 is 0. The standard InChI is InChI=1S/C51H90N14O20/c1-10-25(6)39(49(82)63-38(24(4)5)48(81)60-31(17-23(2)3)45(78)65-40(27(8)68)47(80)56-20-35(71)58-33(22-67)51(84)85)62-36(72)19-54-34(70)18-55-42(75)26(7)57-46(79)32(21-66)61-44(77)30(13-11-12-16-52)59-50(83)41(28(9)69)64-43(76)29(53)14-15-37(73)74/h23-33,38-41,66-69H,10-22,52-53H2,1-9H3,(H,54,70)(H,55,75)(H,56,80)(H,57,79)(H,58,71)(H,59,83)(H,60,81)(H,61,77)(H,62,72)(H,63,82)(H,64,76)(H,65,78)(H,73,74)(H,84,85). The van der Waals surface area contributed by atoms with Crippen molar-refractivity contribution in [2.75, 3.05) is 39.4 Å². The second-order valence-corrected chi connectivity index (χ2v) is 21.0. The van der Waals surface area contributed by atoms with Crippen molar-refractivity contribution in [3.05, 3.63) is 0 Å². The van der Waals surface area contributed by atoms with Gasteiger partial charge in [0.2, 0.25) is 70.9 Å². The van der Waals surface area contributed by atoms with E-state index in [2.05, 4.69) is 58.5 Å². The molecule has 484 valence electrons. The third-order valence-electron chi connectivity index (χ3n) is 12.8. The van der Waals surface area contributed by atoms with Gasteiger partial charge in [-0.3, -0.25) is 62.3 Å². The van der Waals surface area contributed by atoms with E-state index in [0.29, 0.717) is 12.8 Å². The van der Waals surface area contributed by atoms with Crippen LogP contribution in [0.15, 0.2) is 0 Å². The van der Waals surface area contributed by atoms with Crippen molar-refractivity contribution in [3.8, 4) is 0 Å². The molecule has 0 heterocycles. The van der Waals surface area contributed by atoms with Crippen LogP contribution in [0.3, 0.4) is 0 Å². The highest BCUT2D eigenvalue weighted by atomic mass is 16.4. The lowest BCUT2D eigenvalue weighted by atomic mass is 9.96. The average molecular weight is 1220 g/mol. The lowest BCUT2D eigenvalue weighted by molar-refractivity contribution is -0.143. The van der Waals surface area contributed by atoms with Gasteiger partial charge in [0.1, 0.15) is 54.4 Å². The zero-order valence-corrected chi connectivity index (χ0v) is 49.4. The first-order valence-electron chi connectivity index (χ1n) is 27.7. The minimum Gasteiger partial charge on any atom is -0.481 e. The number of carbonyl (C=O) groups excluding carboxylic acids is 12. The van der Waals surface area contributed by atoms with Crippen molar-refractivity contribution in [2.24, 2.45) is 29.2 Å². The number of nitrogens with one attached hydrogen (secondary N) is 12. The van der Waals surface area contributed by atoms with Gasteiger partial charge in [0.15, 0.2) is 0 Å². The fraction of sp³-hybridized carbons (Fsp3) is 0.725. The van der Waals surface area contributed by atoms with Crippen LogP contribution in [0.25, 0.3) is 0 Å². The number of hydrogen-bond donors (Lipinski definition) is 20. The molecule has 13 atom stereocenters. The first-order valence-corrected chi connectivity index (χ1v) is 27.7. The fourth-order valence-corrected chi connectivity index (χ4v) is 7.54. The van der Waals surface area contributed by atoms with E-state index in [1.54, 1.807) is 41.5 Å². The van der Waals surface area contributed by atoms with Crippen molar-refractivity contribution in [1.82, 2.24) is 63.8 Å². The Kier molecular flexibility index (Phi) is 36.2. The number of rotatable bonds is 41. The highest BCUT2D eigenvalue weighted by Gasteiger charge is 2.37. The van der Waals surface area contributed by atoms with Crippen molar-refractivity contribution in [1.29, 1.82) is 0 Å². The molecule has 12 amide bonds. The molecule has 0 aromatic heterocycles. The Morgan fingerprint density at radius 2 is 0.906 bits per heavy atom. The van der Waals surface area contributed by atoms with E-state index in [-0.39, 0.29) is 38.1 Å². The van der Waals surface area contributed by atoms with Crippen LogP contribution in [0, 0.1) is 17.8 Å². The van der Waals surface area contributed by atoms with Gasteiger partial charge in [0.05, 0.1) is 51.1 Å². The Labute approximate surface area is 491 Å². The van der Waals surface area contributed by atoms with E-state index in [9.17, 15) is 82.4 Å². The minimum absolute atomic E-state index is 0.00414. The van der Waals surface area contributed by atoms with E-state index in [1.807, 2.05) is 5.32 Å². The van der Waals surface area contributed by atoms with Crippen LogP contribution < -0.4 is 75.3 Å². The van der Waals surface area contributed by atoms with Crippen LogP contribution in [0.4, 0.5) is 0 Å². The summed E-state index contributed by atoms with van der Waals surface area (Å²) in [6.45, 7) is 9.50. The number of hydrogen-bond acceptors (Lipinski definition) is 20. The number of carboxylic acid groups (broad SMARTS) is 2. The highest BCUT2D eigenvalue weighted by Crippen LogP contribution is 2.13. The maximum atomic E-state index is 13.8. The van der Waals surface area contributed by atoms with Gasteiger partial charge in [-0.25, -0.2) is 4.79 Å². The summed E-state index contributed by atoms with van der Waals surface area (Å²) in [4.78, 5) is 180. The maximum Gasteiger partial charge on any atom is 0.328 e. The number of aliphatic hydroxyl groups excluding tert-OH is 4. The molecule has 0 aliphatic rings. The van der Waals surface area contributed by atoms with Crippen LogP contribution in [-0.2, 0) is 67.1 Å². The largest absolute Gasteiger partial charge is 0.481 e. The summed E-state index contributed by atoms with van der Waals surface area (Å²) in [6.07, 6.45) is -2.93. The predicted molar refractivity (Wildman–Crippen MR) is 299 cm³/mol. The summed E-state index contributed by atoms with van der Waals surface area (Å²) in [6, 6.07) is -14.8. The highest BCUT2D eigenvalue weighted by molar-refractivity contribution is 5.99. The van der Waals surface area contributed by atoms with Crippen molar-refractivity contribution < 1.29 is 97.8 Å². The smallest absolute Gasteiger partial charge is 0.328 e. The normalized spacial score (nSPS) is 15.7. The first kappa shape index (κ1) is 77.3. The Hall–Kier alpha value is -7.66. The molecule has 0 saturated heterocycles. The number of carboxylic acids is 2. The number of amides is 12. The molecule has 0 spiro atoms. The lowest BCUT2D eigenvalue weighted by Crippen LogP contribution is -2.61. The van der Waals surface area contributed by atoms with Crippen LogP contribution in [0.5, 0.6) is 0 Å². The number of carbonyl (C=O) groups is 14. The quantitative estimate of drug-likeness (QED) is 0.0253. The zero-order valence-electron chi connectivity index (χ0n) is 49.4. The molecule has 0 saturated carbocycles. The van der Waals surface area contributed by atoms with Gasteiger partial charge >= 0.3 is 11.9 Å². The van der Waals surface area contributed by atoms with E-state index in [4.69, 9.17) is 26.8 Å². The topological polar surface area (TPSA) is 557 Å². The fourth-order valence-electron chi connectivity index (χ4n) is 7.54. The third-order valence-corrected chi connectivity index (χ3v) is 12.8. The van der Waals surface area contributed by atoms with E-state index < -0.39 is 207 Å². The predicted octanol–water partition coefficient (Wildman–Crippen LogP) is -8.38. The van der Waals surface area contributed by atoms with Crippen LogP contribution >= 0.6 is 0 Å². The number of nitrogens with two attached hydrogens (primary N) is 2.